The second-order valence-electron chi connectivity index (χ2n) is 15.8. The number of carbonyl (C=O) groups excluding carboxylic acids is 3. The number of unbranched alkanes of at least 4 members (excludes halogenated alkanes) is 2. The van der Waals surface area contributed by atoms with Crippen LogP contribution in [-0.2, 0) is 20.8 Å². The minimum Gasteiger partial charge on any atom is -0.506 e. The molecule has 12 nitrogen and oxygen atoms in total. The van der Waals surface area contributed by atoms with Gasteiger partial charge in [-0.15, -0.1) is 6.58 Å². The van der Waals surface area contributed by atoms with Crippen molar-refractivity contribution >= 4 is 47.2 Å². The fourth-order valence-corrected chi connectivity index (χ4v) is 8.16. The molecule has 3 aliphatic carbocycles. The van der Waals surface area contributed by atoms with Gasteiger partial charge in [0.25, 0.3) is 5.91 Å². The van der Waals surface area contributed by atoms with Gasteiger partial charge in [0, 0.05) is 29.1 Å². The molecule has 4 fully saturated rings. The second kappa shape index (κ2) is 26.8. The minimum atomic E-state index is -1.15. The molecule has 57 heavy (non-hydrogen) atoms. The molecule has 1 aliphatic heterocycles. The van der Waals surface area contributed by atoms with Crippen molar-refractivity contribution in [1.29, 1.82) is 0 Å². The Morgan fingerprint density at radius 3 is 2.23 bits per heavy atom. The van der Waals surface area contributed by atoms with Crippen LogP contribution in [-0.4, -0.2) is 81.9 Å². The van der Waals surface area contributed by atoms with Crippen LogP contribution in [0.15, 0.2) is 36.9 Å². The number of likely N-dealkylation sites (tertiary alicyclic amines) is 1. The van der Waals surface area contributed by atoms with Crippen LogP contribution in [0.2, 0.25) is 0 Å². The second-order valence-corrected chi connectivity index (χ2v) is 16.9. The normalized spacial score (nSPS) is 18.6. The third kappa shape index (κ3) is 18.4. The Labute approximate surface area is 344 Å². The van der Waals surface area contributed by atoms with Gasteiger partial charge in [0.1, 0.15) is 24.1 Å². The predicted molar refractivity (Wildman–Crippen MR) is 229 cm³/mol. The number of nitrogens with zero attached hydrogens (tertiary/aromatic N) is 2. The van der Waals surface area contributed by atoms with Crippen molar-refractivity contribution in [2.45, 2.75) is 153 Å². The van der Waals surface area contributed by atoms with Crippen LogP contribution in [0, 0.1) is 11.8 Å². The summed E-state index contributed by atoms with van der Waals surface area (Å²) in [5.41, 5.74) is 1.74. The van der Waals surface area contributed by atoms with Crippen molar-refractivity contribution in [3.63, 3.8) is 0 Å². The third-order valence-corrected chi connectivity index (χ3v) is 12.2. The number of methoxy groups -OCH3 is 1. The molecule has 1 aromatic heterocycles. The van der Waals surface area contributed by atoms with E-state index < -0.39 is 12.1 Å². The molecule has 2 heterocycles. The van der Waals surface area contributed by atoms with Gasteiger partial charge in [-0.3, -0.25) is 19.1 Å². The van der Waals surface area contributed by atoms with E-state index in [2.05, 4.69) is 26.9 Å². The largest absolute Gasteiger partial charge is 0.506 e. The van der Waals surface area contributed by atoms with E-state index >= 15 is 0 Å². The van der Waals surface area contributed by atoms with Gasteiger partial charge in [-0.1, -0.05) is 96.5 Å². The van der Waals surface area contributed by atoms with Crippen molar-refractivity contribution in [3.8, 4) is 11.5 Å². The molecule has 1 saturated heterocycles. The maximum atomic E-state index is 11.7. The van der Waals surface area contributed by atoms with E-state index in [0.29, 0.717) is 17.4 Å². The summed E-state index contributed by atoms with van der Waals surface area (Å²) in [5.74, 6) is 1.71. The zero-order valence-corrected chi connectivity index (χ0v) is 35.5. The quantitative estimate of drug-likeness (QED) is 0.0482. The molecule has 13 heteroatoms. The molecule has 4 amide bonds. The summed E-state index contributed by atoms with van der Waals surface area (Å²) in [6.07, 6.45) is 26.1. The first-order valence-corrected chi connectivity index (χ1v) is 22.1. The Balaban J connectivity index is 0.000000222. The molecule has 2 aromatic rings. The lowest BCUT2D eigenvalue weighted by atomic mass is 9.99. The SMILES string of the molecule is C1CCCCC1.C=C[C@H](C)C(NC=O)C(=O)NSC1CC1.CC1CCCN1C(=O)CNC(=O)O.COc1ccc2nc(CCCCCC3CCCC3)c(O)cc2c1. The first-order valence-electron chi connectivity index (χ1n) is 21.3. The van der Waals surface area contributed by atoms with Crippen LogP contribution in [0.4, 0.5) is 4.79 Å². The Morgan fingerprint density at radius 1 is 0.982 bits per heavy atom. The van der Waals surface area contributed by atoms with Crippen LogP contribution in [0.1, 0.15) is 135 Å². The van der Waals surface area contributed by atoms with E-state index in [0.717, 1.165) is 73.3 Å². The lowest BCUT2D eigenvalue weighted by molar-refractivity contribution is -0.130. The van der Waals surface area contributed by atoms with Crippen LogP contribution in [0.5, 0.6) is 11.5 Å². The van der Waals surface area contributed by atoms with Crippen LogP contribution < -0.4 is 20.1 Å². The Bertz CT molecular complexity index is 1520. The summed E-state index contributed by atoms with van der Waals surface area (Å²) >= 11 is 1.44. The van der Waals surface area contributed by atoms with E-state index in [9.17, 15) is 24.3 Å². The fourth-order valence-electron chi connectivity index (χ4n) is 7.38. The molecule has 318 valence electrons. The number of aryl methyl sites for hydroxylation is 1. The van der Waals surface area contributed by atoms with Gasteiger partial charge in [0.05, 0.1) is 18.3 Å². The molecule has 2 unspecified atom stereocenters. The van der Waals surface area contributed by atoms with Crippen LogP contribution in [0.25, 0.3) is 10.9 Å². The van der Waals surface area contributed by atoms with Gasteiger partial charge in [0.15, 0.2) is 0 Å². The minimum absolute atomic E-state index is 0.0741. The maximum Gasteiger partial charge on any atom is 0.405 e. The molecule has 0 radical (unpaired) electrons. The number of nitrogens with one attached hydrogen (secondary N) is 3. The number of pyridine rings is 1. The zero-order chi connectivity index (χ0) is 41.4. The first kappa shape index (κ1) is 47.4. The van der Waals surface area contributed by atoms with Gasteiger partial charge in [-0.05, 0) is 87.6 Å². The van der Waals surface area contributed by atoms with Crippen LogP contribution >= 0.6 is 11.9 Å². The van der Waals surface area contributed by atoms with Crippen molar-refractivity contribution in [1.82, 2.24) is 25.2 Å². The molecule has 1 aromatic carbocycles. The van der Waals surface area contributed by atoms with Gasteiger partial charge in [-0.2, -0.15) is 0 Å². The number of hydrogen-bond acceptors (Lipinski definition) is 8. The number of carbonyl (C=O) groups is 4. The third-order valence-electron chi connectivity index (χ3n) is 11.1. The van der Waals surface area contributed by atoms with E-state index in [4.69, 9.17) is 9.84 Å². The fraction of sp³-hybridized carbons (Fsp3) is 0.659. The summed E-state index contributed by atoms with van der Waals surface area (Å²) in [6.45, 7) is 8.07. The van der Waals surface area contributed by atoms with Crippen LogP contribution in [0.3, 0.4) is 0 Å². The molecule has 0 bridgehead atoms. The number of hydrogen-bond donors (Lipinski definition) is 5. The van der Waals surface area contributed by atoms with E-state index in [1.807, 2.05) is 32.0 Å². The molecular weight excluding hydrogens is 743 g/mol. The van der Waals surface area contributed by atoms with Crippen molar-refractivity contribution < 1.29 is 34.1 Å². The zero-order valence-electron chi connectivity index (χ0n) is 34.6. The number of ether oxygens (including phenoxy) is 1. The molecule has 3 atom stereocenters. The molecule has 4 aliphatic rings. The van der Waals surface area contributed by atoms with E-state index in [1.54, 1.807) is 24.2 Å². The highest BCUT2D eigenvalue weighted by Crippen LogP contribution is 2.32. The summed E-state index contributed by atoms with van der Waals surface area (Å²) in [6, 6.07) is 7.32. The number of fused-ring (bicyclic) bond motifs is 1. The lowest BCUT2D eigenvalue weighted by Gasteiger charge is -2.20. The smallest absolute Gasteiger partial charge is 0.405 e. The number of aromatic nitrogens is 1. The number of carboxylic acid groups (broad SMARTS) is 1. The summed E-state index contributed by atoms with van der Waals surface area (Å²) in [7, 11) is 1.65. The lowest BCUT2D eigenvalue weighted by Crippen LogP contribution is -2.45. The molecule has 3 saturated carbocycles. The monoisotopic (exact) mass is 811 g/mol. The van der Waals surface area contributed by atoms with E-state index in [-0.39, 0.29) is 30.3 Å². The Morgan fingerprint density at radius 2 is 1.67 bits per heavy atom. The maximum absolute atomic E-state index is 11.7. The standard InChI is InChI=1S/C20H27NO2.C10H16N2O2S.C8H14N2O3.C6H12/c1-23-17-11-12-18-16(13-17)14-20(22)19(21-18)10-4-2-3-7-15-8-5-6-9-15;1-3-7(2)9(11-6-13)10(14)12-15-8-4-5-8;1-6-3-2-4-10(6)7(11)5-9-8(12)13;1-2-4-6-5-3-1/h11-15,22H,2-10H2,1H3;3,6-9H,1,4-5H2,2H3,(H,11,13)(H,12,14);6,9H,2-5H2,1H3,(H,12,13);1-6H2/t;7-,9?;;/m.0../s1. The van der Waals surface area contributed by atoms with Crippen molar-refractivity contribution in [2.75, 3.05) is 20.2 Å². The van der Waals surface area contributed by atoms with Gasteiger partial charge >= 0.3 is 6.09 Å². The first-order chi connectivity index (χ1) is 27.6. The average Bonchev–Trinajstić information content (AvgIpc) is 3.72. The highest BCUT2D eigenvalue weighted by atomic mass is 32.2. The summed E-state index contributed by atoms with van der Waals surface area (Å²) in [4.78, 5) is 49.8. The highest BCUT2D eigenvalue weighted by molar-refractivity contribution is 7.98. The van der Waals surface area contributed by atoms with Crippen molar-refractivity contribution in [2.24, 2.45) is 11.8 Å². The molecule has 6 rings (SSSR count). The topological polar surface area (TPSA) is 170 Å². The van der Waals surface area contributed by atoms with Gasteiger partial charge < -0.3 is 30.5 Å². The van der Waals surface area contributed by atoms with Crippen molar-refractivity contribution in [3.05, 3.63) is 42.6 Å². The predicted octanol–water partition coefficient (Wildman–Crippen LogP) is 8.70. The van der Waals surface area contributed by atoms with Gasteiger partial charge in [0.2, 0.25) is 12.3 Å². The average molecular weight is 812 g/mol. The highest BCUT2D eigenvalue weighted by Gasteiger charge is 2.27. The molecular formula is C44H69N5O7S. The number of amides is 4. The van der Waals surface area contributed by atoms with Gasteiger partial charge in [-0.25, -0.2) is 9.78 Å². The summed E-state index contributed by atoms with van der Waals surface area (Å²) < 4.78 is 7.97. The Kier molecular flexibility index (Phi) is 22.3. The van der Waals surface area contributed by atoms with E-state index in [1.165, 1.54) is 95.4 Å². The molecule has 5 N–H and O–H groups in total. The molecule has 0 spiro atoms. The number of benzene rings is 1. The Hall–Kier alpha value is -4.00. The number of rotatable bonds is 16. The number of aromatic hydroxyl groups is 1. The summed E-state index contributed by atoms with van der Waals surface area (Å²) in [5, 5.41) is 24.5.